The first-order chi connectivity index (χ1) is 19.1. The third-order valence-electron chi connectivity index (χ3n) is 7.20. The molecule has 3 heterocycles. The van der Waals surface area contributed by atoms with Gasteiger partial charge in [-0.1, -0.05) is 21.6 Å². The van der Waals surface area contributed by atoms with Crippen molar-refractivity contribution >= 4 is 57.1 Å². The predicted octanol–water partition coefficient (Wildman–Crippen LogP) is -0.294. The highest BCUT2D eigenvalue weighted by molar-refractivity contribution is 8.77. The quantitative estimate of drug-likeness (QED) is 0.0663. The fourth-order valence-corrected chi connectivity index (χ4v) is 7.40. The normalized spacial score (nSPS) is 24.5. The van der Waals surface area contributed by atoms with Crippen LogP contribution >= 0.6 is 21.6 Å². The highest BCUT2D eigenvalue weighted by Crippen LogP contribution is 2.40. The first kappa shape index (κ1) is 32.9. The van der Waals surface area contributed by atoms with Crippen LogP contribution in [0.25, 0.3) is 0 Å². The Morgan fingerprint density at radius 1 is 1.10 bits per heavy atom. The van der Waals surface area contributed by atoms with E-state index in [0.717, 1.165) is 9.80 Å². The van der Waals surface area contributed by atoms with E-state index < -0.39 is 47.6 Å². The lowest BCUT2D eigenvalue weighted by atomic mass is 9.90. The number of nitrogens with zero attached hydrogens (tertiary/aromatic N) is 2. The Bertz CT molecular complexity index is 1080. The number of aliphatic hydroxyl groups is 2. The topological polar surface area (TPSA) is 183 Å². The van der Waals surface area contributed by atoms with Gasteiger partial charge in [0.15, 0.2) is 0 Å². The molecule has 0 aromatic carbocycles. The standard InChI is InChI=1S/C26H38N4O9S2/c1-25(2,24(38)39-14-15-13-16(31)20(35)21-28-22(36)23(37)30(15)21)9-12-40-41-26(3,4)8-7-17(32)27-10-11-29-18(33)5-6-19(29)34/h5-6,15-16,20-21,31,35H,7-14H2,1-4H3,(H,27,32)(H,28,36). The number of amides is 5. The van der Waals surface area contributed by atoms with Crippen molar-refractivity contribution in [2.24, 2.45) is 5.41 Å². The Kier molecular flexibility index (Phi) is 10.9. The Morgan fingerprint density at radius 2 is 1.76 bits per heavy atom. The van der Waals surface area contributed by atoms with Gasteiger partial charge in [-0.3, -0.25) is 33.7 Å². The maximum absolute atomic E-state index is 12.8. The van der Waals surface area contributed by atoms with Crippen molar-refractivity contribution in [1.29, 1.82) is 0 Å². The average Bonchev–Trinajstić information content (AvgIpc) is 3.39. The third-order valence-corrected chi connectivity index (χ3v) is 10.5. The first-order valence-corrected chi connectivity index (χ1v) is 15.7. The smallest absolute Gasteiger partial charge is 0.314 e. The summed E-state index contributed by atoms with van der Waals surface area (Å²) in [7, 11) is 3.19. The van der Waals surface area contributed by atoms with E-state index in [4.69, 9.17) is 4.74 Å². The molecule has 3 rings (SSSR count). The number of ether oxygens (including phenoxy) is 1. The molecule has 2 saturated heterocycles. The van der Waals surface area contributed by atoms with Crippen LogP contribution in [0.15, 0.2) is 12.2 Å². The minimum absolute atomic E-state index is 0.0268. The van der Waals surface area contributed by atoms with E-state index >= 15 is 0 Å². The second-order valence-corrected chi connectivity index (χ2v) is 14.6. The number of rotatable bonds is 14. The lowest BCUT2D eigenvalue weighted by molar-refractivity contribution is -0.164. The van der Waals surface area contributed by atoms with E-state index in [9.17, 15) is 39.0 Å². The number of carbonyl (C=O) groups is 6. The highest BCUT2D eigenvalue weighted by Gasteiger charge is 2.51. The first-order valence-electron chi connectivity index (χ1n) is 13.4. The predicted molar refractivity (Wildman–Crippen MR) is 151 cm³/mol. The molecule has 15 heteroatoms. The Hall–Kier alpha value is -2.62. The Labute approximate surface area is 246 Å². The molecule has 0 aliphatic carbocycles. The fraction of sp³-hybridized carbons (Fsp3) is 0.692. The van der Waals surface area contributed by atoms with Gasteiger partial charge in [-0.05, 0) is 47.0 Å². The van der Waals surface area contributed by atoms with Crippen molar-refractivity contribution in [2.75, 3.05) is 25.4 Å². The Morgan fingerprint density at radius 3 is 2.41 bits per heavy atom. The van der Waals surface area contributed by atoms with Crippen LogP contribution in [0.4, 0.5) is 0 Å². The SMILES string of the molecule is CC(C)(CCC(=O)NCCN1C(=O)C=CC1=O)SSCCC(C)(C)C(=O)OCC1CC(O)C(O)C2NC(=O)C(=O)N12. The van der Waals surface area contributed by atoms with Crippen LogP contribution in [0.5, 0.6) is 0 Å². The van der Waals surface area contributed by atoms with Crippen molar-refractivity contribution < 1.29 is 43.7 Å². The summed E-state index contributed by atoms with van der Waals surface area (Å²) >= 11 is 0. The molecule has 13 nitrogen and oxygen atoms in total. The summed E-state index contributed by atoms with van der Waals surface area (Å²) in [6.45, 7) is 7.66. The molecule has 0 saturated carbocycles. The number of piperidine rings is 1. The van der Waals surface area contributed by atoms with E-state index in [1.807, 2.05) is 13.8 Å². The molecule has 2 fully saturated rings. The molecule has 0 radical (unpaired) electrons. The molecule has 4 unspecified atom stereocenters. The minimum atomic E-state index is -1.32. The second kappa shape index (κ2) is 13.6. The molecule has 0 aromatic rings. The van der Waals surface area contributed by atoms with E-state index in [-0.39, 0.29) is 55.0 Å². The molecule has 0 bridgehead atoms. The number of esters is 1. The van der Waals surface area contributed by atoms with Crippen LogP contribution in [0.1, 0.15) is 53.4 Å². The van der Waals surface area contributed by atoms with Crippen LogP contribution in [-0.2, 0) is 33.5 Å². The summed E-state index contributed by atoms with van der Waals surface area (Å²) < 4.78 is 5.26. The van der Waals surface area contributed by atoms with Gasteiger partial charge < -0.3 is 30.5 Å². The number of imide groups is 1. The van der Waals surface area contributed by atoms with Crippen molar-refractivity contribution in [3.8, 4) is 0 Å². The van der Waals surface area contributed by atoms with E-state index in [1.165, 1.54) is 12.2 Å². The molecule has 41 heavy (non-hydrogen) atoms. The molecular formula is C26H38N4O9S2. The summed E-state index contributed by atoms with van der Waals surface area (Å²) in [5, 5.41) is 25.3. The number of nitrogens with one attached hydrogen (secondary N) is 2. The zero-order valence-electron chi connectivity index (χ0n) is 23.6. The van der Waals surface area contributed by atoms with Crippen molar-refractivity contribution in [1.82, 2.24) is 20.4 Å². The largest absolute Gasteiger partial charge is 0.463 e. The molecule has 3 aliphatic rings. The van der Waals surface area contributed by atoms with Crippen molar-refractivity contribution in [3.05, 3.63) is 12.2 Å². The van der Waals surface area contributed by atoms with Crippen LogP contribution < -0.4 is 10.6 Å². The van der Waals surface area contributed by atoms with Gasteiger partial charge in [0.25, 0.3) is 11.8 Å². The lowest BCUT2D eigenvalue weighted by Crippen LogP contribution is -2.61. The van der Waals surface area contributed by atoms with Gasteiger partial charge in [0, 0.05) is 42.2 Å². The van der Waals surface area contributed by atoms with Crippen molar-refractivity contribution in [3.63, 3.8) is 0 Å². The highest BCUT2D eigenvalue weighted by atomic mass is 33.1. The van der Waals surface area contributed by atoms with Gasteiger partial charge in [-0.25, -0.2) is 0 Å². The van der Waals surface area contributed by atoms with E-state index in [1.54, 1.807) is 35.4 Å². The van der Waals surface area contributed by atoms with Gasteiger partial charge >= 0.3 is 17.8 Å². The Balaban J connectivity index is 1.34. The molecule has 3 aliphatic heterocycles. The molecule has 5 amide bonds. The summed E-state index contributed by atoms with van der Waals surface area (Å²) in [6, 6.07) is -0.741. The third kappa shape index (κ3) is 8.46. The number of fused-ring (bicyclic) bond motifs is 1. The summed E-state index contributed by atoms with van der Waals surface area (Å²) in [4.78, 5) is 74.4. The number of hydrogen-bond donors (Lipinski definition) is 4. The van der Waals surface area contributed by atoms with Crippen LogP contribution in [0.3, 0.4) is 0 Å². The summed E-state index contributed by atoms with van der Waals surface area (Å²) in [5.41, 5.74) is -0.833. The summed E-state index contributed by atoms with van der Waals surface area (Å²) in [6.07, 6.45) is 0.214. The average molecular weight is 615 g/mol. The number of aliphatic hydroxyl groups excluding tert-OH is 2. The molecule has 4 atom stereocenters. The zero-order valence-corrected chi connectivity index (χ0v) is 25.2. The summed E-state index contributed by atoms with van der Waals surface area (Å²) in [5.74, 6) is -2.48. The van der Waals surface area contributed by atoms with E-state index in [2.05, 4.69) is 10.6 Å². The van der Waals surface area contributed by atoms with Crippen LogP contribution in [0, 0.1) is 5.41 Å². The molecule has 228 valence electrons. The van der Waals surface area contributed by atoms with Gasteiger partial charge in [0.05, 0.1) is 17.6 Å². The second-order valence-electron chi connectivity index (χ2n) is 11.5. The zero-order chi connectivity index (χ0) is 30.5. The minimum Gasteiger partial charge on any atom is -0.463 e. The monoisotopic (exact) mass is 614 g/mol. The lowest BCUT2D eigenvalue weighted by Gasteiger charge is -2.41. The molecular weight excluding hydrogens is 576 g/mol. The van der Waals surface area contributed by atoms with Crippen LogP contribution in [0.2, 0.25) is 0 Å². The number of carbonyl (C=O) groups excluding carboxylic acids is 6. The molecule has 4 N–H and O–H groups in total. The van der Waals surface area contributed by atoms with Gasteiger partial charge in [0.2, 0.25) is 5.91 Å². The van der Waals surface area contributed by atoms with E-state index in [0.29, 0.717) is 18.6 Å². The maximum atomic E-state index is 12.8. The van der Waals surface area contributed by atoms with Gasteiger partial charge in [0.1, 0.15) is 18.9 Å². The van der Waals surface area contributed by atoms with Crippen molar-refractivity contribution in [2.45, 2.75) is 82.5 Å². The molecule has 0 aromatic heterocycles. The maximum Gasteiger partial charge on any atom is 0.314 e. The molecule has 0 spiro atoms. The van der Waals surface area contributed by atoms with Crippen LogP contribution in [-0.4, -0.2) is 110 Å². The van der Waals surface area contributed by atoms with Gasteiger partial charge in [-0.2, -0.15) is 0 Å². The number of hydrogen-bond acceptors (Lipinski definition) is 11. The fourth-order valence-electron chi connectivity index (χ4n) is 4.51. The van der Waals surface area contributed by atoms with Gasteiger partial charge in [-0.15, -0.1) is 0 Å².